The summed E-state index contributed by atoms with van der Waals surface area (Å²) in [4.78, 5) is 11.4. The van der Waals surface area contributed by atoms with E-state index in [1.165, 1.54) is 12.1 Å². The molecular weight excluding hydrogens is 395 g/mol. The number of aliphatic hydroxyl groups is 1. The number of piperidine rings is 1. The molecule has 1 saturated heterocycles. The second-order valence-electron chi connectivity index (χ2n) is 8.33. The summed E-state index contributed by atoms with van der Waals surface area (Å²) in [5.41, 5.74) is 3.36. The number of imidazole rings is 1. The molecule has 0 radical (unpaired) electrons. The number of halogens is 1. The lowest BCUT2D eigenvalue weighted by Crippen LogP contribution is -2.43. The van der Waals surface area contributed by atoms with E-state index in [0.717, 1.165) is 39.8 Å². The van der Waals surface area contributed by atoms with Crippen LogP contribution in [-0.4, -0.2) is 42.3 Å². The number of rotatable bonds is 3. The summed E-state index contributed by atoms with van der Waals surface area (Å²) >= 11 is 0. The Bertz CT molecular complexity index is 1250. The Labute approximate surface area is 179 Å². The Morgan fingerprint density at radius 1 is 1.10 bits per heavy atom. The first-order valence-electron chi connectivity index (χ1n) is 10.4. The Morgan fingerprint density at radius 2 is 1.81 bits per heavy atom. The molecule has 4 aromatic rings. The molecule has 1 fully saturated rings. The van der Waals surface area contributed by atoms with Crippen LogP contribution in [0.5, 0.6) is 0 Å². The Balaban J connectivity index is 1.50. The maximum Gasteiger partial charge on any atom is 0.160 e. The van der Waals surface area contributed by atoms with Crippen molar-refractivity contribution in [1.29, 1.82) is 0 Å². The van der Waals surface area contributed by atoms with E-state index in [-0.39, 0.29) is 5.82 Å². The number of aryl methyl sites for hydroxylation is 2. The van der Waals surface area contributed by atoms with Gasteiger partial charge in [-0.1, -0.05) is 12.1 Å². The monoisotopic (exact) mass is 420 g/mol. The molecule has 0 bridgehead atoms. The maximum atomic E-state index is 13.3. The van der Waals surface area contributed by atoms with Gasteiger partial charge in [0.05, 0.1) is 5.60 Å². The van der Waals surface area contributed by atoms with E-state index < -0.39 is 5.60 Å². The Hall–Kier alpha value is -3.26. The second-order valence-corrected chi connectivity index (χ2v) is 8.33. The molecular formula is C23H25FN6O. The third-order valence-electron chi connectivity index (χ3n) is 6.37. The quantitative estimate of drug-likeness (QED) is 0.550. The summed E-state index contributed by atoms with van der Waals surface area (Å²) in [5, 5.41) is 16.0. The smallest absolute Gasteiger partial charge is 0.160 e. The van der Waals surface area contributed by atoms with Crippen LogP contribution in [0.15, 0.2) is 42.7 Å². The zero-order valence-corrected chi connectivity index (χ0v) is 17.9. The summed E-state index contributed by atoms with van der Waals surface area (Å²) in [6, 6.07) is 8.12. The fourth-order valence-corrected chi connectivity index (χ4v) is 4.41. The van der Waals surface area contributed by atoms with E-state index in [1.807, 2.05) is 35.3 Å². The predicted octanol–water partition coefficient (Wildman–Crippen LogP) is 3.37. The van der Waals surface area contributed by atoms with Crippen LogP contribution in [0.4, 0.5) is 10.2 Å². The Kier molecular flexibility index (Phi) is 4.55. The number of hydrogen-bond donors (Lipinski definition) is 1. The number of aromatic nitrogens is 5. The molecule has 5 rings (SSSR count). The predicted molar refractivity (Wildman–Crippen MR) is 116 cm³/mol. The minimum Gasteiger partial charge on any atom is -0.385 e. The fourth-order valence-electron chi connectivity index (χ4n) is 4.41. The van der Waals surface area contributed by atoms with Gasteiger partial charge >= 0.3 is 0 Å². The fraction of sp³-hybridized carbons (Fsp3) is 0.348. The lowest BCUT2D eigenvalue weighted by molar-refractivity contribution is 0.0115. The highest BCUT2D eigenvalue weighted by Crippen LogP contribution is 2.36. The molecule has 0 spiro atoms. The molecule has 4 heterocycles. The van der Waals surface area contributed by atoms with Gasteiger partial charge in [0, 0.05) is 49.9 Å². The molecule has 1 aliphatic rings. The summed E-state index contributed by atoms with van der Waals surface area (Å²) in [7, 11) is 1.94. The summed E-state index contributed by atoms with van der Waals surface area (Å²) < 4.78 is 17.1. The first kappa shape index (κ1) is 19.7. The van der Waals surface area contributed by atoms with Crippen molar-refractivity contribution >= 4 is 11.5 Å². The summed E-state index contributed by atoms with van der Waals surface area (Å²) in [5.74, 6) is 1.48. The molecule has 160 valence electrons. The molecule has 31 heavy (non-hydrogen) atoms. The molecule has 0 atom stereocenters. The van der Waals surface area contributed by atoms with Crippen LogP contribution in [0.1, 0.15) is 29.7 Å². The van der Waals surface area contributed by atoms with E-state index in [0.29, 0.717) is 25.9 Å². The number of anilines is 1. The van der Waals surface area contributed by atoms with Gasteiger partial charge in [-0.05, 0) is 44.4 Å². The van der Waals surface area contributed by atoms with Gasteiger partial charge in [-0.15, -0.1) is 0 Å². The highest BCUT2D eigenvalue weighted by Gasteiger charge is 2.35. The highest BCUT2D eigenvalue weighted by atomic mass is 19.1. The molecule has 0 amide bonds. The molecule has 0 unspecified atom stereocenters. The summed E-state index contributed by atoms with van der Waals surface area (Å²) in [6.45, 7) is 5.38. The van der Waals surface area contributed by atoms with Crippen molar-refractivity contribution in [2.24, 2.45) is 7.05 Å². The molecule has 7 nitrogen and oxygen atoms in total. The average molecular weight is 420 g/mol. The van der Waals surface area contributed by atoms with Crippen LogP contribution in [0.25, 0.3) is 17.2 Å². The number of fused-ring (bicyclic) bond motifs is 1. The van der Waals surface area contributed by atoms with Crippen molar-refractivity contribution in [2.75, 3.05) is 18.0 Å². The molecule has 1 N–H and O–H groups in total. The molecule has 8 heteroatoms. The van der Waals surface area contributed by atoms with Gasteiger partial charge in [0.25, 0.3) is 0 Å². The third-order valence-corrected chi connectivity index (χ3v) is 6.37. The summed E-state index contributed by atoms with van der Waals surface area (Å²) in [6.07, 6.45) is 4.75. The first-order chi connectivity index (χ1) is 14.9. The lowest BCUT2D eigenvalue weighted by atomic mass is 9.84. The van der Waals surface area contributed by atoms with Crippen molar-refractivity contribution in [3.8, 4) is 11.5 Å². The molecule has 3 aromatic heterocycles. The first-order valence-corrected chi connectivity index (χ1v) is 10.4. The van der Waals surface area contributed by atoms with Gasteiger partial charge in [-0.3, -0.25) is 0 Å². The lowest BCUT2D eigenvalue weighted by Gasteiger charge is -2.40. The molecule has 0 aliphatic carbocycles. The second kappa shape index (κ2) is 7.16. The number of nitrogens with zero attached hydrogens (tertiary/aromatic N) is 6. The molecule has 0 saturated carbocycles. The maximum absolute atomic E-state index is 13.3. The Morgan fingerprint density at radius 3 is 2.45 bits per heavy atom. The van der Waals surface area contributed by atoms with Crippen LogP contribution >= 0.6 is 0 Å². The van der Waals surface area contributed by atoms with Gasteiger partial charge in [-0.25, -0.2) is 14.4 Å². The van der Waals surface area contributed by atoms with Gasteiger partial charge in [0.2, 0.25) is 0 Å². The van der Waals surface area contributed by atoms with Crippen LogP contribution in [-0.2, 0) is 12.6 Å². The van der Waals surface area contributed by atoms with Crippen LogP contribution in [0, 0.1) is 19.7 Å². The normalized spacial score (nSPS) is 16.2. The van der Waals surface area contributed by atoms with Crippen molar-refractivity contribution in [3.05, 3.63) is 65.4 Å². The van der Waals surface area contributed by atoms with Gasteiger partial charge in [-0.2, -0.15) is 9.61 Å². The number of hydrogen-bond acceptors (Lipinski definition) is 5. The van der Waals surface area contributed by atoms with Crippen molar-refractivity contribution in [2.45, 2.75) is 32.3 Å². The topological polar surface area (TPSA) is 71.5 Å². The van der Waals surface area contributed by atoms with Crippen LogP contribution in [0.2, 0.25) is 0 Å². The van der Waals surface area contributed by atoms with Gasteiger partial charge in [0.15, 0.2) is 11.5 Å². The number of benzene rings is 1. The van der Waals surface area contributed by atoms with E-state index >= 15 is 0 Å². The van der Waals surface area contributed by atoms with Crippen LogP contribution < -0.4 is 4.90 Å². The van der Waals surface area contributed by atoms with Crippen molar-refractivity contribution < 1.29 is 9.50 Å². The average Bonchev–Trinajstić information content (AvgIpc) is 3.36. The minimum atomic E-state index is -0.957. The van der Waals surface area contributed by atoms with Gasteiger partial charge in [0.1, 0.15) is 17.3 Å². The van der Waals surface area contributed by atoms with E-state index in [9.17, 15) is 9.50 Å². The molecule has 1 aromatic carbocycles. The SMILES string of the molecule is Cc1nc2cc(-c3nccn3C)nn2c(N2CCC(O)(c3ccc(F)cc3)CC2)c1C. The van der Waals surface area contributed by atoms with E-state index in [1.54, 1.807) is 18.3 Å². The third kappa shape index (κ3) is 3.27. The van der Waals surface area contributed by atoms with Crippen molar-refractivity contribution in [3.63, 3.8) is 0 Å². The minimum absolute atomic E-state index is 0.294. The van der Waals surface area contributed by atoms with Crippen molar-refractivity contribution in [1.82, 2.24) is 24.1 Å². The highest BCUT2D eigenvalue weighted by molar-refractivity contribution is 5.63. The zero-order chi connectivity index (χ0) is 21.8. The van der Waals surface area contributed by atoms with E-state index in [2.05, 4.69) is 16.8 Å². The van der Waals surface area contributed by atoms with Crippen LogP contribution in [0.3, 0.4) is 0 Å². The van der Waals surface area contributed by atoms with E-state index in [4.69, 9.17) is 10.1 Å². The standard InChI is InChI=1S/C23H25FN6O/c1-15-16(2)26-20-14-19(21-25-10-13-28(21)3)27-30(20)22(15)29-11-8-23(31,9-12-29)17-4-6-18(24)7-5-17/h4-7,10,13-14,31H,8-9,11-12H2,1-3H3. The zero-order valence-electron chi connectivity index (χ0n) is 17.9. The van der Waals surface area contributed by atoms with Gasteiger partial charge < -0.3 is 14.6 Å². The molecule has 1 aliphatic heterocycles. The largest absolute Gasteiger partial charge is 0.385 e.